The van der Waals surface area contributed by atoms with Crippen LogP contribution in [0, 0.1) is 0 Å². The molecule has 0 fully saturated rings. The van der Waals surface area contributed by atoms with E-state index in [1.54, 1.807) is 0 Å². The monoisotopic (exact) mass is 322 g/mol. The lowest BCUT2D eigenvalue weighted by atomic mass is 10.1. The second-order valence-electron chi connectivity index (χ2n) is 4.52. The standard InChI is InChI=1S/C14H12Cl2N4O/c15-12-11(21)13(20-14(16)19-12)17-6-5-8-7-18-10-4-2-1-3-9(8)10/h1-4,7,18,21H,5-6H2,(H,17,19,20). The molecule has 0 aliphatic heterocycles. The molecule has 0 aliphatic rings. The summed E-state index contributed by atoms with van der Waals surface area (Å²) in [7, 11) is 0. The van der Waals surface area contributed by atoms with Gasteiger partial charge in [0.15, 0.2) is 16.7 Å². The number of nitrogens with one attached hydrogen (secondary N) is 2. The molecule has 2 heterocycles. The van der Waals surface area contributed by atoms with Gasteiger partial charge in [-0.3, -0.25) is 0 Å². The largest absolute Gasteiger partial charge is 0.502 e. The smallest absolute Gasteiger partial charge is 0.226 e. The Morgan fingerprint density at radius 2 is 2.00 bits per heavy atom. The second-order valence-corrected chi connectivity index (χ2v) is 5.21. The van der Waals surface area contributed by atoms with Crippen LogP contribution in [-0.2, 0) is 6.42 Å². The van der Waals surface area contributed by atoms with Crippen LogP contribution in [0.3, 0.4) is 0 Å². The molecule has 5 nitrogen and oxygen atoms in total. The van der Waals surface area contributed by atoms with Gasteiger partial charge in [0.25, 0.3) is 0 Å². The van der Waals surface area contributed by atoms with Gasteiger partial charge in [-0.2, -0.15) is 4.98 Å². The van der Waals surface area contributed by atoms with Crippen molar-refractivity contribution >= 4 is 39.9 Å². The number of anilines is 1. The number of aromatic hydroxyl groups is 1. The summed E-state index contributed by atoms with van der Waals surface area (Å²) < 4.78 is 0. The maximum atomic E-state index is 9.77. The van der Waals surface area contributed by atoms with E-state index in [-0.39, 0.29) is 22.0 Å². The van der Waals surface area contributed by atoms with Crippen molar-refractivity contribution in [3.05, 3.63) is 46.5 Å². The average Bonchev–Trinajstić information content (AvgIpc) is 2.87. The number of fused-ring (bicyclic) bond motifs is 1. The van der Waals surface area contributed by atoms with E-state index in [0.29, 0.717) is 6.54 Å². The van der Waals surface area contributed by atoms with Gasteiger partial charge in [0.05, 0.1) is 0 Å². The van der Waals surface area contributed by atoms with Crippen LogP contribution in [0.2, 0.25) is 10.4 Å². The minimum absolute atomic E-state index is 0.00704. The van der Waals surface area contributed by atoms with Crippen LogP contribution < -0.4 is 5.32 Å². The Morgan fingerprint density at radius 1 is 1.19 bits per heavy atom. The van der Waals surface area contributed by atoms with E-state index in [9.17, 15) is 5.11 Å². The predicted octanol–water partition coefficient (Wildman–Crippen LogP) is 3.62. The van der Waals surface area contributed by atoms with Gasteiger partial charge in [0, 0.05) is 23.6 Å². The van der Waals surface area contributed by atoms with Gasteiger partial charge < -0.3 is 15.4 Å². The number of aromatic amines is 1. The molecule has 3 N–H and O–H groups in total. The SMILES string of the molecule is Oc1c(Cl)nc(Cl)nc1NCCc1c[nH]c2ccccc12. The fraction of sp³-hybridized carbons (Fsp3) is 0.143. The molecule has 1 aromatic carbocycles. The minimum Gasteiger partial charge on any atom is -0.502 e. The van der Waals surface area contributed by atoms with E-state index in [4.69, 9.17) is 23.2 Å². The lowest BCUT2D eigenvalue weighted by Gasteiger charge is -2.08. The van der Waals surface area contributed by atoms with Gasteiger partial charge in [0.2, 0.25) is 5.28 Å². The summed E-state index contributed by atoms with van der Waals surface area (Å²) in [5.41, 5.74) is 2.28. The zero-order valence-electron chi connectivity index (χ0n) is 10.9. The third-order valence-electron chi connectivity index (χ3n) is 3.18. The van der Waals surface area contributed by atoms with Gasteiger partial charge in [-0.1, -0.05) is 29.8 Å². The van der Waals surface area contributed by atoms with E-state index in [1.807, 2.05) is 24.4 Å². The van der Waals surface area contributed by atoms with Crippen LogP contribution in [0.5, 0.6) is 5.75 Å². The summed E-state index contributed by atoms with van der Waals surface area (Å²) in [6.07, 6.45) is 2.74. The number of rotatable bonds is 4. The summed E-state index contributed by atoms with van der Waals surface area (Å²) >= 11 is 11.5. The van der Waals surface area contributed by atoms with E-state index < -0.39 is 0 Å². The quantitative estimate of drug-likeness (QED) is 0.506. The molecule has 3 rings (SSSR count). The fourth-order valence-electron chi connectivity index (χ4n) is 2.18. The molecule has 0 amide bonds. The number of H-pyrrole nitrogens is 1. The number of nitrogens with zero attached hydrogens (tertiary/aromatic N) is 2. The molecule has 0 unspecified atom stereocenters. The molecule has 0 spiro atoms. The first-order chi connectivity index (χ1) is 10.1. The minimum atomic E-state index is -0.194. The third kappa shape index (κ3) is 2.89. The van der Waals surface area contributed by atoms with Crippen molar-refractivity contribution in [2.45, 2.75) is 6.42 Å². The first kappa shape index (κ1) is 14.0. The highest BCUT2D eigenvalue weighted by molar-refractivity contribution is 6.33. The van der Waals surface area contributed by atoms with Crippen molar-refractivity contribution < 1.29 is 5.11 Å². The molecule has 0 radical (unpaired) electrons. The Hall–Kier alpha value is -1.98. The second kappa shape index (κ2) is 5.79. The number of para-hydroxylation sites is 1. The van der Waals surface area contributed by atoms with Crippen molar-refractivity contribution in [2.75, 3.05) is 11.9 Å². The molecule has 0 aliphatic carbocycles. The number of halogens is 2. The number of hydrogen-bond donors (Lipinski definition) is 3. The van der Waals surface area contributed by atoms with Crippen LogP contribution in [0.1, 0.15) is 5.56 Å². The zero-order valence-corrected chi connectivity index (χ0v) is 12.4. The Kier molecular flexibility index (Phi) is 3.86. The van der Waals surface area contributed by atoms with Gasteiger partial charge in [-0.25, -0.2) is 4.98 Å². The molecule has 0 saturated heterocycles. The van der Waals surface area contributed by atoms with Crippen LogP contribution in [0.4, 0.5) is 5.82 Å². The Morgan fingerprint density at radius 3 is 2.86 bits per heavy atom. The zero-order chi connectivity index (χ0) is 14.8. The highest BCUT2D eigenvalue weighted by Crippen LogP contribution is 2.29. The summed E-state index contributed by atoms with van der Waals surface area (Å²) in [4.78, 5) is 10.8. The van der Waals surface area contributed by atoms with Crippen LogP contribution >= 0.6 is 23.2 Å². The summed E-state index contributed by atoms with van der Waals surface area (Å²) in [5.74, 6) is 0.0415. The first-order valence-electron chi connectivity index (χ1n) is 6.36. The molecule has 2 aromatic heterocycles. The van der Waals surface area contributed by atoms with Crippen molar-refractivity contribution in [2.24, 2.45) is 0 Å². The lowest BCUT2D eigenvalue weighted by molar-refractivity contribution is 0.472. The average molecular weight is 323 g/mol. The van der Waals surface area contributed by atoms with Crippen molar-refractivity contribution in [3.8, 4) is 5.75 Å². The van der Waals surface area contributed by atoms with Gasteiger partial charge in [-0.15, -0.1) is 0 Å². The first-order valence-corrected chi connectivity index (χ1v) is 7.11. The van der Waals surface area contributed by atoms with Crippen molar-refractivity contribution in [1.29, 1.82) is 0 Å². The van der Waals surface area contributed by atoms with Crippen LogP contribution in [-0.4, -0.2) is 26.6 Å². The Labute approximate surface area is 130 Å². The molecule has 0 atom stereocenters. The molecule has 108 valence electrons. The number of aromatic nitrogens is 3. The van der Waals surface area contributed by atoms with E-state index >= 15 is 0 Å². The molecular formula is C14H12Cl2N4O. The van der Waals surface area contributed by atoms with E-state index in [2.05, 4.69) is 26.3 Å². The number of benzene rings is 1. The van der Waals surface area contributed by atoms with Crippen molar-refractivity contribution in [1.82, 2.24) is 15.0 Å². The Bertz CT molecular complexity index is 788. The van der Waals surface area contributed by atoms with Crippen LogP contribution in [0.15, 0.2) is 30.5 Å². The maximum absolute atomic E-state index is 9.77. The topological polar surface area (TPSA) is 73.8 Å². The van der Waals surface area contributed by atoms with Gasteiger partial charge in [0.1, 0.15) is 0 Å². The summed E-state index contributed by atoms with van der Waals surface area (Å²) in [6.45, 7) is 0.582. The molecule has 7 heteroatoms. The van der Waals surface area contributed by atoms with E-state index in [0.717, 1.165) is 11.9 Å². The molecule has 21 heavy (non-hydrogen) atoms. The van der Waals surface area contributed by atoms with Gasteiger partial charge in [-0.05, 0) is 29.7 Å². The highest BCUT2D eigenvalue weighted by atomic mass is 35.5. The molecule has 0 saturated carbocycles. The highest BCUT2D eigenvalue weighted by Gasteiger charge is 2.11. The van der Waals surface area contributed by atoms with Crippen LogP contribution in [0.25, 0.3) is 10.9 Å². The molecular weight excluding hydrogens is 311 g/mol. The Balaban J connectivity index is 1.72. The molecule has 0 bridgehead atoms. The van der Waals surface area contributed by atoms with Gasteiger partial charge >= 0.3 is 0 Å². The lowest BCUT2D eigenvalue weighted by Crippen LogP contribution is -2.07. The summed E-state index contributed by atoms with van der Waals surface area (Å²) in [5, 5.41) is 13.9. The van der Waals surface area contributed by atoms with E-state index in [1.165, 1.54) is 10.9 Å². The summed E-state index contributed by atoms with van der Waals surface area (Å²) in [6, 6.07) is 8.09. The third-order valence-corrected chi connectivity index (χ3v) is 3.61. The molecule has 3 aromatic rings. The van der Waals surface area contributed by atoms with Crippen molar-refractivity contribution in [3.63, 3.8) is 0 Å². The fourth-order valence-corrected chi connectivity index (χ4v) is 2.56. The normalized spacial score (nSPS) is 11.0. The number of hydrogen-bond acceptors (Lipinski definition) is 4. The predicted molar refractivity (Wildman–Crippen MR) is 84.2 cm³/mol. The maximum Gasteiger partial charge on any atom is 0.226 e.